The Hall–Kier alpha value is -0.880. The fraction of sp³-hybridized carbons (Fsp3) is 0.611. The molecule has 2 aromatic rings. The molecule has 27 heavy (non-hydrogen) atoms. The number of unbranched alkanes of at least 4 members (excludes halogenated alkanes) is 8. The SMILES string of the molecule is CCCCCCCCCCC[n+]1csc2ccccc21.F[P-](F)(F)(F)(F)F. The molecule has 0 saturated carbocycles. The monoisotopic (exact) mass is 435 g/mol. The first-order valence-electron chi connectivity index (χ1n) is 9.29. The van der Waals surface area contributed by atoms with Crippen LogP contribution < -0.4 is 4.57 Å². The number of hydrogen-bond donors (Lipinski definition) is 0. The van der Waals surface area contributed by atoms with E-state index in [1.165, 1.54) is 74.5 Å². The first-order valence-corrected chi connectivity index (χ1v) is 12.2. The standard InChI is InChI=1S/C18H28NS.F6P/c1-2-3-4-5-6-7-8-9-12-15-19-16-20-18-14-11-10-13-17(18)19;1-7(2,3,4,5)6/h10-11,13-14,16H,2-9,12,15H2,1H3;/q+1;-1. The van der Waals surface area contributed by atoms with Crippen LogP contribution >= 0.6 is 19.1 Å². The summed E-state index contributed by atoms with van der Waals surface area (Å²) >= 11 is 1.86. The Morgan fingerprint density at radius 2 is 1.26 bits per heavy atom. The van der Waals surface area contributed by atoms with Gasteiger partial charge in [0.25, 0.3) is 0 Å². The second-order valence-electron chi connectivity index (χ2n) is 6.67. The molecule has 0 radical (unpaired) electrons. The molecule has 1 nitrogen and oxygen atoms in total. The number of thiazole rings is 1. The Labute approximate surface area is 160 Å². The molecule has 0 atom stereocenters. The van der Waals surface area contributed by atoms with E-state index in [1.807, 2.05) is 11.3 Å². The third-order valence-electron chi connectivity index (χ3n) is 3.98. The Balaban J connectivity index is 0.000000445. The van der Waals surface area contributed by atoms with Crippen molar-refractivity contribution in [3.05, 3.63) is 29.8 Å². The number of rotatable bonds is 10. The van der Waals surface area contributed by atoms with Gasteiger partial charge in [-0.3, -0.25) is 0 Å². The van der Waals surface area contributed by atoms with Crippen LogP contribution in [0.4, 0.5) is 25.2 Å². The van der Waals surface area contributed by atoms with E-state index in [4.69, 9.17) is 0 Å². The first-order chi connectivity index (χ1) is 12.4. The van der Waals surface area contributed by atoms with Crippen molar-refractivity contribution in [3.63, 3.8) is 0 Å². The Bertz CT molecular complexity index is 672. The van der Waals surface area contributed by atoms with E-state index in [0.717, 1.165) is 0 Å². The number of hydrogen-bond acceptors (Lipinski definition) is 1. The number of nitrogens with zero attached hydrogens (tertiary/aromatic N) is 1. The second kappa shape index (κ2) is 9.55. The van der Waals surface area contributed by atoms with Crippen LogP contribution in [0.2, 0.25) is 0 Å². The van der Waals surface area contributed by atoms with Crippen molar-refractivity contribution in [2.24, 2.45) is 0 Å². The van der Waals surface area contributed by atoms with Gasteiger partial charge in [-0.1, -0.05) is 75.3 Å². The van der Waals surface area contributed by atoms with E-state index in [2.05, 4.69) is 41.3 Å². The van der Waals surface area contributed by atoms with Crippen molar-refractivity contribution in [2.75, 3.05) is 0 Å². The molecule has 1 aromatic heterocycles. The molecule has 9 heteroatoms. The zero-order chi connectivity index (χ0) is 20.5. The predicted molar refractivity (Wildman–Crippen MR) is 103 cm³/mol. The summed E-state index contributed by atoms with van der Waals surface area (Å²) in [6.45, 7) is 3.46. The molecule has 0 bridgehead atoms. The van der Waals surface area contributed by atoms with Crippen molar-refractivity contribution < 1.29 is 29.7 Å². The van der Waals surface area contributed by atoms with Crippen LogP contribution in [-0.4, -0.2) is 0 Å². The van der Waals surface area contributed by atoms with E-state index in [9.17, 15) is 25.2 Å². The maximum atomic E-state index is 9.87. The molecule has 0 aliphatic heterocycles. The molecule has 0 N–H and O–H groups in total. The van der Waals surface area contributed by atoms with Crippen molar-refractivity contribution in [3.8, 4) is 0 Å². The number of halogens is 6. The summed E-state index contributed by atoms with van der Waals surface area (Å²) in [5.41, 5.74) is 3.67. The molecule has 0 spiro atoms. The molecule has 1 aromatic carbocycles. The van der Waals surface area contributed by atoms with Crippen LogP contribution in [0.1, 0.15) is 64.7 Å². The Morgan fingerprint density at radius 3 is 1.81 bits per heavy atom. The van der Waals surface area contributed by atoms with E-state index in [1.54, 1.807) is 0 Å². The average molecular weight is 435 g/mol. The van der Waals surface area contributed by atoms with E-state index in [0.29, 0.717) is 0 Å². The normalized spacial score (nSPS) is 14.3. The summed E-state index contributed by atoms with van der Waals surface area (Å²) in [7, 11) is -10.7. The van der Waals surface area contributed by atoms with Gasteiger partial charge in [0, 0.05) is 12.5 Å². The minimum atomic E-state index is -10.7. The fourth-order valence-corrected chi connectivity index (χ4v) is 3.66. The van der Waals surface area contributed by atoms with Crippen molar-refractivity contribution in [2.45, 2.75) is 71.3 Å². The van der Waals surface area contributed by atoms with Gasteiger partial charge in [-0.25, -0.2) is 0 Å². The van der Waals surface area contributed by atoms with Gasteiger partial charge in [0.2, 0.25) is 11.0 Å². The Morgan fingerprint density at radius 1 is 0.778 bits per heavy atom. The Kier molecular flexibility index (Phi) is 8.54. The summed E-state index contributed by atoms with van der Waals surface area (Å²) in [6, 6.07) is 8.72. The number of para-hydroxylation sites is 1. The van der Waals surface area contributed by atoms with Crippen LogP contribution in [0, 0.1) is 0 Å². The van der Waals surface area contributed by atoms with Crippen LogP contribution in [0.25, 0.3) is 10.2 Å². The van der Waals surface area contributed by atoms with Gasteiger partial charge in [0.1, 0.15) is 11.2 Å². The first kappa shape index (κ1) is 24.2. The third-order valence-corrected chi connectivity index (χ3v) is 4.94. The molecular weight excluding hydrogens is 407 g/mol. The second-order valence-corrected chi connectivity index (χ2v) is 9.47. The molecule has 0 amide bonds. The number of fused-ring (bicyclic) bond motifs is 1. The van der Waals surface area contributed by atoms with Crippen LogP contribution in [-0.2, 0) is 6.54 Å². The van der Waals surface area contributed by atoms with Gasteiger partial charge in [-0.2, -0.15) is 4.57 Å². The number of aromatic nitrogens is 1. The molecule has 0 saturated heterocycles. The van der Waals surface area contributed by atoms with Crippen molar-refractivity contribution in [1.29, 1.82) is 0 Å². The molecule has 1 heterocycles. The van der Waals surface area contributed by atoms with Crippen molar-refractivity contribution >= 4 is 29.4 Å². The fourth-order valence-electron chi connectivity index (χ4n) is 2.74. The van der Waals surface area contributed by atoms with Crippen LogP contribution in [0.3, 0.4) is 0 Å². The molecular formula is C18H28F6NPS. The summed E-state index contributed by atoms with van der Waals surface area (Å²) in [4.78, 5) is 0. The third kappa shape index (κ3) is 14.8. The molecule has 0 unspecified atom stereocenters. The molecule has 2 rings (SSSR count). The molecule has 0 aliphatic carbocycles. The summed E-state index contributed by atoms with van der Waals surface area (Å²) < 4.78 is 63.0. The molecule has 0 fully saturated rings. The van der Waals surface area contributed by atoms with Crippen LogP contribution in [0.15, 0.2) is 29.8 Å². The predicted octanol–water partition coefficient (Wildman–Crippen LogP) is 9.10. The van der Waals surface area contributed by atoms with E-state index in [-0.39, 0.29) is 0 Å². The molecule has 158 valence electrons. The van der Waals surface area contributed by atoms with E-state index >= 15 is 0 Å². The van der Waals surface area contributed by atoms with Crippen molar-refractivity contribution in [1.82, 2.24) is 0 Å². The van der Waals surface area contributed by atoms with Gasteiger partial charge in [0.15, 0.2) is 0 Å². The number of benzene rings is 1. The van der Waals surface area contributed by atoms with Gasteiger partial charge in [0.05, 0.1) is 0 Å². The minimum absolute atomic E-state index is 1.18. The average Bonchev–Trinajstić information content (AvgIpc) is 2.94. The zero-order valence-corrected chi connectivity index (χ0v) is 17.2. The molecule has 0 aliphatic rings. The summed E-state index contributed by atoms with van der Waals surface area (Å²) in [5, 5.41) is 0. The van der Waals surface area contributed by atoms with Gasteiger partial charge < -0.3 is 0 Å². The number of aryl methyl sites for hydroxylation is 1. The topological polar surface area (TPSA) is 3.88 Å². The van der Waals surface area contributed by atoms with Gasteiger partial charge in [-0.05, 0) is 12.5 Å². The quantitative estimate of drug-likeness (QED) is 0.152. The summed E-state index contributed by atoms with van der Waals surface area (Å²) in [6.07, 6.45) is 12.6. The van der Waals surface area contributed by atoms with Gasteiger partial charge in [-0.15, -0.1) is 0 Å². The van der Waals surface area contributed by atoms with Crippen LogP contribution in [0.5, 0.6) is 0 Å². The summed E-state index contributed by atoms with van der Waals surface area (Å²) in [5.74, 6) is 0. The maximum absolute atomic E-state index is 10.7. The van der Waals surface area contributed by atoms with Gasteiger partial charge >= 0.3 is 33.0 Å². The van der Waals surface area contributed by atoms with E-state index < -0.39 is 7.81 Å². The zero-order valence-electron chi connectivity index (χ0n) is 15.5.